The Kier molecular flexibility index (Phi) is 2.68. The van der Waals surface area contributed by atoms with Gasteiger partial charge in [0.25, 0.3) is 0 Å². The average molecular weight is 309 g/mol. The van der Waals surface area contributed by atoms with E-state index >= 15 is 0 Å². The summed E-state index contributed by atoms with van der Waals surface area (Å²) in [5, 5.41) is 13.7. The fraction of sp³-hybridized carbons (Fsp3) is 0.182. The highest BCUT2D eigenvalue weighted by Gasteiger charge is 2.13. The molecule has 0 aliphatic rings. The topological polar surface area (TPSA) is 43.1 Å². The number of nitrogens with zero attached hydrogens (tertiary/aromatic N) is 4. The Labute approximate surface area is 110 Å². The van der Waals surface area contributed by atoms with E-state index in [0.717, 1.165) is 32.2 Å². The molecular weight excluding hydrogens is 300 g/mol. The largest absolute Gasteiger partial charge is 0.234 e. The first-order valence-electron chi connectivity index (χ1n) is 5.25. The van der Waals surface area contributed by atoms with Crippen LogP contribution in [-0.4, -0.2) is 19.8 Å². The molecule has 6 heteroatoms. The van der Waals surface area contributed by atoms with Crippen molar-refractivity contribution in [2.75, 3.05) is 0 Å². The van der Waals surface area contributed by atoms with Gasteiger partial charge in [-0.15, -0.1) is 10.2 Å². The van der Waals surface area contributed by atoms with Crippen LogP contribution in [0, 0.1) is 0 Å². The predicted octanol–water partition coefficient (Wildman–Crippen LogP) is 3.18. The van der Waals surface area contributed by atoms with Crippen molar-refractivity contribution in [2.24, 2.45) is 0 Å². The molecule has 17 heavy (non-hydrogen) atoms. The van der Waals surface area contributed by atoms with E-state index in [0.29, 0.717) is 0 Å². The molecule has 2 heterocycles. The Bertz CT molecular complexity index is 673. The molecule has 3 rings (SSSR count). The Morgan fingerprint density at radius 3 is 2.88 bits per heavy atom. The summed E-state index contributed by atoms with van der Waals surface area (Å²) in [5.41, 5.74) is 1.09. The second-order valence-electron chi connectivity index (χ2n) is 3.55. The second kappa shape index (κ2) is 4.19. The molecule has 0 unspecified atom stereocenters. The zero-order chi connectivity index (χ0) is 11.8. The van der Waals surface area contributed by atoms with Gasteiger partial charge in [0.05, 0.1) is 0 Å². The molecule has 0 amide bonds. The molecule has 0 saturated carbocycles. The van der Waals surface area contributed by atoms with E-state index in [2.05, 4.69) is 31.2 Å². The standard InChI is InChI=1S/C11H9BrN4S/c1-2-9-13-14-11-16(9)15-10(17-11)7-5-3-4-6-8(7)12/h3-6H,2H2,1H3. The molecule has 3 aromatic rings. The van der Waals surface area contributed by atoms with Gasteiger partial charge in [-0.25, -0.2) is 0 Å². The van der Waals surface area contributed by atoms with Gasteiger partial charge in [0.2, 0.25) is 4.96 Å². The molecule has 0 aliphatic heterocycles. The summed E-state index contributed by atoms with van der Waals surface area (Å²) in [7, 11) is 0. The first-order chi connectivity index (χ1) is 8.29. The van der Waals surface area contributed by atoms with Gasteiger partial charge in [-0.3, -0.25) is 0 Å². The monoisotopic (exact) mass is 308 g/mol. The Hall–Kier alpha value is -1.27. The van der Waals surface area contributed by atoms with E-state index in [4.69, 9.17) is 0 Å². The summed E-state index contributed by atoms with van der Waals surface area (Å²) in [6, 6.07) is 8.05. The van der Waals surface area contributed by atoms with Crippen LogP contribution in [0.1, 0.15) is 12.7 Å². The summed E-state index contributed by atoms with van der Waals surface area (Å²) in [6.07, 6.45) is 0.834. The third-order valence-electron chi connectivity index (χ3n) is 2.48. The molecule has 0 saturated heterocycles. The quantitative estimate of drug-likeness (QED) is 0.730. The number of aryl methyl sites for hydroxylation is 1. The molecule has 0 spiro atoms. The maximum absolute atomic E-state index is 4.55. The van der Waals surface area contributed by atoms with E-state index in [9.17, 15) is 0 Å². The Morgan fingerprint density at radius 2 is 2.12 bits per heavy atom. The van der Waals surface area contributed by atoms with Gasteiger partial charge in [-0.2, -0.15) is 9.61 Å². The van der Waals surface area contributed by atoms with E-state index in [-0.39, 0.29) is 0 Å². The highest BCUT2D eigenvalue weighted by Crippen LogP contribution is 2.31. The summed E-state index contributed by atoms with van der Waals surface area (Å²) in [6.45, 7) is 2.05. The number of hydrogen-bond donors (Lipinski definition) is 0. The zero-order valence-corrected chi connectivity index (χ0v) is 11.5. The normalized spacial score (nSPS) is 11.2. The molecule has 0 atom stereocenters. The van der Waals surface area contributed by atoms with Crippen LogP contribution in [0.3, 0.4) is 0 Å². The van der Waals surface area contributed by atoms with Crippen molar-refractivity contribution in [1.29, 1.82) is 0 Å². The molecule has 2 aromatic heterocycles. The minimum absolute atomic E-state index is 0.834. The van der Waals surface area contributed by atoms with Gasteiger partial charge >= 0.3 is 0 Å². The van der Waals surface area contributed by atoms with Gasteiger partial charge in [0, 0.05) is 16.5 Å². The molecule has 0 aliphatic carbocycles. The van der Waals surface area contributed by atoms with E-state index in [1.807, 2.05) is 35.7 Å². The summed E-state index contributed by atoms with van der Waals surface area (Å²) < 4.78 is 2.86. The van der Waals surface area contributed by atoms with Crippen molar-refractivity contribution < 1.29 is 0 Å². The van der Waals surface area contributed by atoms with E-state index < -0.39 is 0 Å². The minimum Gasteiger partial charge on any atom is -0.187 e. The molecule has 1 aromatic carbocycles. The molecule has 4 nitrogen and oxygen atoms in total. The molecule has 86 valence electrons. The van der Waals surface area contributed by atoms with Crippen LogP contribution in [0.2, 0.25) is 0 Å². The lowest BCUT2D eigenvalue weighted by molar-refractivity contribution is 0.838. The molecule has 0 fully saturated rings. The highest BCUT2D eigenvalue weighted by atomic mass is 79.9. The van der Waals surface area contributed by atoms with Crippen molar-refractivity contribution in [3.63, 3.8) is 0 Å². The third-order valence-corrected chi connectivity index (χ3v) is 4.10. The number of halogens is 1. The van der Waals surface area contributed by atoms with E-state index in [1.54, 1.807) is 11.3 Å². The fourth-order valence-corrected chi connectivity index (χ4v) is 3.12. The molecule has 0 bridgehead atoms. The van der Waals surface area contributed by atoms with Gasteiger partial charge < -0.3 is 0 Å². The van der Waals surface area contributed by atoms with Crippen LogP contribution in [-0.2, 0) is 6.42 Å². The van der Waals surface area contributed by atoms with Crippen LogP contribution < -0.4 is 0 Å². The van der Waals surface area contributed by atoms with Crippen molar-refractivity contribution in [1.82, 2.24) is 19.8 Å². The van der Waals surface area contributed by atoms with Crippen LogP contribution >= 0.6 is 27.3 Å². The predicted molar refractivity (Wildman–Crippen MR) is 71.2 cm³/mol. The van der Waals surface area contributed by atoms with Crippen molar-refractivity contribution in [2.45, 2.75) is 13.3 Å². The van der Waals surface area contributed by atoms with Gasteiger partial charge in [-0.05, 0) is 6.07 Å². The summed E-state index contributed by atoms with van der Waals surface area (Å²) >= 11 is 5.08. The number of aromatic nitrogens is 4. The molecule has 0 radical (unpaired) electrons. The summed E-state index contributed by atoms with van der Waals surface area (Å²) in [4.78, 5) is 0.840. The SMILES string of the molecule is CCc1nnc2sc(-c3ccccc3Br)nn12. The van der Waals surface area contributed by atoms with Crippen LogP contribution in [0.15, 0.2) is 28.7 Å². The van der Waals surface area contributed by atoms with Crippen molar-refractivity contribution in [3.8, 4) is 10.6 Å². The number of benzene rings is 1. The minimum atomic E-state index is 0.834. The lowest BCUT2D eigenvalue weighted by atomic mass is 10.2. The molecular formula is C11H9BrN4S. The number of hydrogen-bond acceptors (Lipinski definition) is 4. The number of fused-ring (bicyclic) bond motifs is 1. The zero-order valence-electron chi connectivity index (χ0n) is 9.09. The fourth-order valence-electron chi connectivity index (χ4n) is 1.62. The van der Waals surface area contributed by atoms with Crippen molar-refractivity contribution >= 4 is 32.2 Å². The average Bonchev–Trinajstić information content (AvgIpc) is 2.88. The first-order valence-corrected chi connectivity index (χ1v) is 6.86. The highest BCUT2D eigenvalue weighted by molar-refractivity contribution is 9.10. The van der Waals surface area contributed by atoms with Gasteiger partial charge in [-0.1, -0.05) is 52.4 Å². The number of rotatable bonds is 2. The van der Waals surface area contributed by atoms with Crippen molar-refractivity contribution in [3.05, 3.63) is 34.6 Å². The van der Waals surface area contributed by atoms with Gasteiger partial charge in [0.15, 0.2) is 5.82 Å². The maximum atomic E-state index is 4.55. The Morgan fingerprint density at radius 1 is 1.29 bits per heavy atom. The van der Waals surface area contributed by atoms with Gasteiger partial charge in [0.1, 0.15) is 5.01 Å². The van der Waals surface area contributed by atoms with Crippen LogP contribution in [0.4, 0.5) is 0 Å². The maximum Gasteiger partial charge on any atom is 0.234 e. The third kappa shape index (κ3) is 1.77. The molecule has 0 N–H and O–H groups in total. The van der Waals surface area contributed by atoms with Crippen LogP contribution in [0.25, 0.3) is 15.5 Å². The lowest BCUT2D eigenvalue weighted by Crippen LogP contribution is -1.93. The summed E-state index contributed by atoms with van der Waals surface area (Å²) in [5.74, 6) is 0.898. The first kappa shape index (κ1) is 10.9. The smallest absolute Gasteiger partial charge is 0.187 e. The Balaban J connectivity index is 2.19. The van der Waals surface area contributed by atoms with E-state index in [1.165, 1.54) is 0 Å². The second-order valence-corrected chi connectivity index (χ2v) is 5.36. The lowest BCUT2D eigenvalue weighted by Gasteiger charge is -1.97. The van der Waals surface area contributed by atoms with Crippen LogP contribution in [0.5, 0.6) is 0 Å².